The van der Waals surface area contributed by atoms with Gasteiger partial charge in [-0.1, -0.05) is 30.8 Å². The molecule has 2 aromatic carbocycles. The lowest BCUT2D eigenvalue weighted by Crippen LogP contribution is -2.25. The van der Waals surface area contributed by atoms with Crippen molar-refractivity contribution in [2.45, 2.75) is 32.6 Å². The third-order valence-corrected chi connectivity index (χ3v) is 4.76. The fourth-order valence-electron chi connectivity index (χ4n) is 3.00. The van der Waals surface area contributed by atoms with Crippen molar-refractivity contribution in [1.29, 1.82) is 0 Å². The van der Waals surface area contributed by atoms with E-state index >= 15 is 0 Å². The molecule has 0 saturated carbocycles. The van der Waals surface area contributed by atoms with E-state index in [9.17, 15) is 24.6 Å². The molecule has 0 aliphatic rings. The predicted octanol–water partition coefficient (Wildman–Crippen LogP) is 3.51. The van der Waals surface area contributed by atoms with Gasteiger partial charge in [0.05, 0.1) is 5.92 Å². The second-order valence-corrected chi connectivity index (χ2v) is 7.56. The third kappa shape index (κ3) is 8.63. The molecule has 2 N–H and O–H groups in total. The number of ketones is 1. The maximum absolute atomic E-state index is 12.6. The van der Waals surface area contributed by atoms with Gasteiger partial charge in [-0.25, -0.2) is 4.79 Å². The van der Waals surface area contributed by atoms with Gasteiger partial charge in [0.1, 0.15) is 30.5 Å². The standard InChI is InChI=1S/C25H28O7/c1-17(2)24(29)31-13-14-32-25(30)20(15-19-6-10-22(27)11-7-19)16-23(28)12-5-18-3-8-21(26)9-4-18/h3-4,6-11,20,26-27H,1,5,12-16H2,2H3/t20-/m1/s1. The van der Waals surface area contributed by atoms with Crippen molar-refractivity contribution in [3.05, 3.63) is 71.8 Å². The molecular weight excluding hydrogens is 412 g/mol. The lowest BCUT2D eigenvalue weighted by Gasteiger charge is -2.16. The number of hydrogen-bond donors (Lipinski definition) is 2. The monoisotopic (exact) mass is 440 g/mol. The summed E-state index contributed by atoms with van der Waals surface area (Å²) in [6.07, 6.45) is 1.02. The van der Waals surface area contributed by atoms with E-state index in [0.29, 0.717) is 6.42 Å². The Bertz CT molecular complexity index is 930. The average Bonchev–Trinajstić information content (AvgIpc) is 2.77. The Morgan fingerprint density at radius 1 is 0.875 bits per heavy atom. The Morgan fingerprint density at radius 2 is 1.41 bits per heavy atom. The predicted molar refractivity (Wildman–Crippen MR) is 118 cm³/mol. The molecule has 0 saturated heterocycles. The molecule has 0 fully saturated rings. The summed E-state index contributed by atoms with van der Waals surface area (Å²) in [5.74, 6) is -1.65. The van der Waals surface area contributed by atoms with Crippen LogP contribution in [-0.4, -0.2) is 41.1 Å². The van der Waals surface area contributed by atoms with Crippen LogP contribution in [0.5, 0.6) is 11.5 Å². The number of carbonyl (C=O) groups excluding carboxylic acids is 3. The van der Waals surface area contributed by atoms with Crippen LogP contribution in [0.1, 0.15) is 30.9 Å². The Labute approximate surface area is 187 Å². The lowest BCUT2D eigenvalue weighted by atomic mass is 9.92. The van der Waals surface area contributed by atoms with Gasteiger partial charge in [0, 0.05) is 18.4 Å². The summed E-state index contributed by atoms with van der Waals surface area (Å²) in [5, 5.41) is 18.8. The first-order valence-electron chi connectivity index (χ1n) is 10.3. The van der Waals surface area contributed by atoms with E-state index in [4.69, 9.17) is 9.47 Å². The van der Waals surface area contributed by atoms with Gasteiger partial charge in [0.2, 0.25) is 0 Å². The zero-order valence-corrected chi connectivity index (χ0v) is 18.1. The second kappa shape index (κ2) is 12.3. The van der Waals surface area contributed by atoms with E-state index in [1.165, 1.54) is 19.1 Å². The molecule has 0 unspecified atom stereocenters. The number of hydrogen-bond acceptors (Lipinski definition) is 7. The van der Waals surface area contributed by atoms with E-state index in [1.54, 1.807) is 36.4 Å². The number of rotatable bonds is 12. The van der Waals surface area contributed by atoms with Crippen molar-refractivity contribution in [2.75, 3.05) is 13.2 Å². The number of Topliss-reactive ketones (excluding diaryl/α,β-unsaturated/α-hetero) is 1. The first-order valence-corrected chi connectivity index (χ1v) is 10.3. The zero-order chi connectivity index (χ0) is 23.5. The largest absolute Gasteiger partial charge is 0.508 e. The maximum Gasteiger partial charge on any atom is 0.333 e. The topological polar surface area (TPSA) is 110 Å². The summed E-state index contributed by atoms with van der Waals surface area (Å²) in [6.45, 7) is 4.78. The van der Waals surface area contributed by atoms with E-state index in [-0.39, 0.29) is 55.3 Å². The third-order valence-electron chi connectivity index (χ3n) is 4.76. The second-order valence-electron chi connectivity index (χ2n) is 7.56. The first kappa shape index (κ1) is 24.7. The van der Waals surface area contributed by atoms with Crippen molar-refractivity contribution in [1.82, 2.24) is 0 Å². The maximum atomic E-state index is 12.6. The van der Waals surface area contributed by atoms with Crippen molar-refractivity contribution >= 4 is 17.7 Å². The van der Waals surface area contributed by atoms with Crippen molar-refractivity contribution < 1.29 is 34.1 Å². The van der Waals surface area contributed by atoms with Crippen LogP contribution in [0, 0.1) is 5.92 Å². The van der Waals surface area contributed by atoms with Crippen LogP contribution >= 0.6 is 0 Å². The van der Waals surface area contributed by atoms with Crippen LogP contribution in [0.4, 0.5) is 0 Å². The van der Waals surface area contributed by atoms with Gasteiger partial charge in [0.15, 0.2) is 0 Å². The van der Waals surface area contributed by atoms with Crippen LogP contribution in [0.3, 0.4) is 0 Å². The molecule has 0 heterocycles. The SMILES string of the molecule is C=C(C)C(=O)OCCOC(=O)[C@@H](CC(=O)CCc1ccc(O)cc1)Cc1ccc(O)cc1. The summed E-state index contributed by atoms with van der Waals surface area (Å²) in [5.41, 5.74) is 1.94. The highest BCUT2D eigenvalue weighted by Crippen LogP contribution is 2.19. The van der Waals surface area contributed by atoms with E-state index in [0.717, 1.165) is 11.1 Å². The van der Waals surface area contributed by atoms with Gasteiger partial charge in [-0.3, -0.25) is 9.59 Å². The molecule has 7 nitrogen and oxygen atoms in total. The summed E-state index contributed by atoms with van der Waals surface area (Å²) in [4.78, 5) is 36.6. The number of phenolic OH excluding ortho intramolecular Hbond substituents is 2. The van der Waals surface area contributed by atoms with Gasteiger partial charge in [0.25, 0.3) is 0 Å². The van der Waals surface area contributed by atoms with Gasteiger partial charge < -0.3 is 19.7 Å². The molecule has 2 rings (SSSR count). The number of aromatic hydroxyl groups is 2. The Kier molecular flexibility index (Phi) is 9.47. The molecule has 0 aliphatic carbocycles. The first-order chi connectivity index (χ1) is 15.2. The molecular formula is C25H28O7. The summed E-state index contributed by atoms with van der Waals surface area (Å²) in [7, 11) is 0. The molecule has 0 aliphatic heterocycles. The molecule has 32 heavy (non-hydrogen) atoms. The number of carbonyl (C=O) groups is 3. The summed E-state index contributed by atoms with van der Waals surface area (Å²) >= 11 is 0. The number of ether oxygens (including phenoxy) is 2. The highest BCUT2D eigenvalue weighted by molar-refractivity contribution is 5.87. The van der Waals surface area contributed by atoms with Crippen LogP contribution in [0.2, 0.25) is 0 Å². The number of phenols is 2. The van der Waals surface area contributed by atoms with Gasteiger partial charge in [-0.15, -0.1) is 0 Å². The van der Waals surface area contributed by atoms with Crippen LogP contribution in [0.15, 0.2) is 60.7 Å². The summed E-state index contributed by atoms with van der Waals surface area (Å²) < 4.78 is 10.1. The number of benzene rings is 2. The molecule has 2 aromatic rings. The molecule has 7 heteroatoms. The molecule has 0 spiro atoms. The zero-order valence-electron chi connectivity index (χ0n) is 18.1. The fourth-order valence-corrected chi connectivity index (χ4v) is 3.00. The van der Waals surface area contributed by atoms with Crippen molar-refractivity contribution in [3.8, 4) is 11.5 Å². The molecule has 0 aromatic heterocycles. The van der Waals surface area contributed by atoms with E-state index in [1.807, 2.05) is 0 Å². The Hall–Kier alpha value is -3.61. The minimum absolute atomic E-state index is 0.00332. The molecule has 170 valence electrons. The minimum Gasteiger partial charge on any atom is -0.508 e. The number of esters is 2. The molecule has 0 bridgehead atoms. The van der Waals surface area contributed by atoms with Crippen LogP contribution in [-0.2, 0) is 36.7 Å². The smallest absolute Gasteiger partial charge is 0.333 e. The lowest BCUT2D eigenvalue weighted by molar-refractivity contribution is -0.154. The average molecular weight is 440 g/mol. The van der Waals surface area contributed by atoms with Crippen LogP contribution in [0.25, 0.3) is 0 Å². The van der Waals surface area contributed by atoms with Gasteiger partial charge in [-0.2, -0.15) is 0 Å². The van der Waals surface area contributed by atoms with Gasteiger partial charge in [-0.05, 0) is 55.2 Å². The molecule has 0 amide bonds. The van der Waals surface area contributed by atoms with Gasteiger partial charge >= 0.3 is 11.9 Å². The number of aryl methyl sites for hydroxylation is 1. The van der Waals surface area contributed by atoms with Crippen LogP contribution < -0.4 is 0 Å². The van der Waals surface area contributed by atoms with E-state index in [2.05, 4.69) is 6.58 Å². The highest BCUT2D eigenvalue weighted by Gasteiger charge is 2.24. The van der Waals surface area contributed by atoms with Crippen molar-refractivity contribution in [3.63, 3.8) is 0 Å². The van der Waals surface area contributed by atoms with Crippen molar-refractivity contribution in [2.24, 2.45) is 5.92 Å². The Morgan fingerprint density at radius 3 is 1.97 bits per heavy atom. The fraction of sp³-hybridized carbons (Fsp3) is 0.320. The quantitative estimate of drug-likeness (QED) is 0.295. The summed E-state index contributed by atoms with van der Waals surface area (Å²) in [6, 6.07) is 13.0. The normalized spacial score (nSPS) is 11.4. The molecule has 0 radical (unpaired) electrons. The Balaban J connectivity index is 1.94. The van der Waals surface area contributed by atoms with E-state index < -0.39 is 17.9 Å². The highest BCUT2D eigenvalue weighted by atomic mass is 16.6. The minimum atomic E-state index is -0.705. The molecule has 1 atom stereocenters.